The van der Waals surface area contributed by atoms with Crippen molar-refractivity contribution in [3.8, 4) is 0 Å². The normalized spacial score (nSPS) is 49.2. The molecule has 2 unspecified atom stereocenters. The first-order chi connectivity index (χ1) is 24.9. The fourth-order valence-electron chi connectivity index (χ4n) is 11.3. The second kappa shape index (κ2) is 11.7. The van der Waals surface area contributed by atoms with Gasteiger partial charge in [-0.25, -0.2) is 24.2 Å². The second-order valence-electron chi connectivity index (χ2n) is 17.0. The molecule has 1 aromatic heterocycles. The van der Waals surface area contributed by atoms with Crippen molar-refractivity contribution in [3.05, 3.63) is 23.2 Å². The van der Waals surface area contributed by atoms with Crippen molar-refractivity contribution in [2.45, 2.75) is 153 Å². The molecule has 0 N–H and O–H groups in total. The number of nitrogens with zero attached hydrogens (tertiary/aromatic N) is 3. The van der Waals surface area contributed by atoms with Crippen LogP contribution < -0.4 is 0 Å². The Balaban J connectivity index is 1.05. The molecular formula is C35H45F6N3O9. The minimum Gasteiger partial charge on any atom is -0.456 e. The summed E-state index contributed by atoms with van der Waals surface area (Å²) in [6, 6.07) is 0. The largest absolute Gasteiger partial charge is 0.456 e. The molecule has 2 spiro atoms. The van der Waals surface area contributed by atoms with Gasteiger partial charge in [-0.15, -0.1) is 5.10 Å². The van der Waals surface area contributed by atoms with Crippen LogP contribution >= 0.6 is 0 Å². The minimum absolute atomic E-state index is 0.00501. The molecule has 18 heteroatoms. The Morgan fingerprint density at radius 3 is 2.06 bits per heavy atom. The van der Waals surface area contributed by atoms with Crippen molar-refractivity contribution in [3.63, 3.8) is 0 Å². The number of fused-ring (bicyclic) bond motifs is 4. The van der Waals surface area contributed by atoms with Crippen LogP contribution in [0.3, 0.4) is 0 Å². The maximum atomic E-state index is 15.5. The molecule has 296 valence electrons. The van der Waals surface area contributed by atoms with Gasteiger partial charge in [0.05, 0.1) is 25.0 Å². The van der Waals surface area contributed by atoms with E-state index in [0.717, 1.165) is 4.68 Å². The van der Waals surface area contributed by atoms with Crippen LogP contribution in [0.25, 0.3) is 0 Å². The summed E-state index contributed by atoms with van der Waals surface area (Å²) in [7, 11) is 0. The van der Waals surface area contributed by atoms with Crippen LogP contribution in [0.15, 0.2) is 17.5 Å². The lowest BCUT2D eigenvalue weighted by Crippen LogP contribution is -2.75. The maximum Gasteiger partial charge on any atom is 0.449 e. The Morgan fingerprint density at radius 1 is 0.774 bits per heavy atom. The predicted octanol–water partition coefficient (Wildman–Crippen LogP) is 7.00. The van der Waals surface area contributed by atoms with E-state index in [1.54, 1.807) is 13.8 Å². The van der Waals surface area contributed by atoms with Crippen LogP contribution in [-0.4, -0.2) is 68.5 Å². The average molecular weight is 766 g/mol. The van der Waals surface area contributed by atoms with Gasteiger partial charge in [0, 0.05) is 42.1 Å². The smallest absolute Gasteiger partial charge is 0.449 e. The first kappa shape index (κ1) is 36.6. The van der Waals surface area contributed by atoms with Crippen LogP contribution in [-0.2, 0) is 56.4 Å². The van der Waals surface area contributed by atoms with Crippen LogP contribution in [0.2, 0.25) is 0 Å². The molecule has 14 atom stereocenters. The highest BCUT2D eigenvalue weighted by atomic mass is 19.4. The van der Waals surface area contributed by atoms with Crippen LogP contribution in [0.5, 0.6) is 0 Å². The van der Waals surface area contributed by atoms with E-state index in [-0.39, 0.29) is 34.9 Å². The molecule has 9 heterocycles. The summed E-state index contributed by atoms with van der Waals surface area (Å²) >= 11 is 0. The molecule has 2 saturated carbocycles. The highest BCUT2D eigenvalue weighted by Crippen LogP contribution is 2.65. The number of allylic oxidation sites excluding steroid dienone is 1. The zero-order valence-electron chi connectivity index (χ0n) is 30.1. The van der Waals surface area contributed by atoms with Crippen molar-refractivity contribution in [1.29, 1.82) is 0 Å². The van der Waals surface area contributed by atoms with E-state index in [9.17, 15) is 13.2 Å². The molecule has 1 aromatic rings. The van der Waals surface area contributed by atoms with E-state index in [2.05, 4.69) is 17.2 Å². The van der Waals surface area contributed by atoms with E-state index >= 15 is 13.2 Å². The summed E-state index contributed by atoms with van der Waals surface area (Å²) in [5.74, 6) is -10.2. The van der Waals surface area contributed by atoms with Crippen molar-refractivity contribution in [2.75, 3.05) is 0 Å². The van der Waals surface area contributed by atoms with Crippen molar-refractivity contribution in [2.24, 2.45) is 41.4 Å². The molecule has 8 aliphatic heterocycles. The molecule has 10 aliphatic rings. The highest BCUT2D eigenvalue weighted by molar-refractivity contribution is 5.28. The molecule has 12 nitrogen and oxygen atoms in total. The van der Waals surface area contributed by atoms with E-state index in [1.165, 1.54) is 13.1 Å². The molecule has 7 saturated heterocycles. The standard InChI is InChI=1S/C35H45F6N3O9/c1-17-6-8-24-19(3)33(35(39,40)41,49-28-31(24)22(17)10-13-30(5,48-28)51-52-31)45-16-20-14-42-43-44(20)15-21-25-9-7-18(2)23-11-12-29(4)47-27(32(23,25)53-50-29)46-26(21)34(36,37)38/h14,17-19,22-25,27-28H,6-13,15-16H2,1-5H3/t17-,18-,19-,22?,23?,24+,25+,27-,28+,29+,30+,31-,32-,33-/m1/s1. The highest BCUT2D eigenvalue weighted by Gasteiger charge is 2.77. The quantitative estimate of drug-likeness (QED) is 0.228. The van der Waals surface area contributed by atoms with E-state index < -0.39 is 90.2 Å². The number of aromatic nitrogens is 3. The van der Waals surface area contributed by atoms with Gasteiger partial charge in [0.25, 0.3) is 5.79 Å². The Hall–Kier alpha value is -2.06. The molecule has 9 fully saturated rings. The van der Waals surface area contributed by atoms with E-state index in [4.69, 9.17) is 43.2 Å². The first-order valence-electron chi connectivity index (χ1n) is 18.7. The summed E-state index contributed by atoms with van der Waals surface area (Å²) in [4.78, 5) is 23.6. The van der Waals surface area contributed by atoms with Gasteiger partial charge in [-0.1, -0.05) is 26.0 Å². The molecule has 53 heavy (non-hydrogen) atoms. The number of alkyl halides is 6. The first-order valence-corrected chi connectivity index (χ1v) is 18.7. The third kappa shape index (κ3) is 5.11. The lowest BCUT2D eigenvalue weighted by molar-refractivity contribution is -0.599. The summed E-state index contributed by atoms with van der Waals surface area (Å²) in [6.45, 7) is 7.47. The van der Waals surface area contributed by atoms with Crippen LogP contribution in [0.4, 0.5) is 26.3 Å². The van der Waals surface area contributed by atoms with E-state index in [0.29, 0.717) is 51.4 Å². The lowest BCUT2D eigenvalue weighted by Gasteiger charge is -2.62. The fraction of sp³-hybridized carbons (Fsp3) is 0.886. The van der Waals surface area contributed by atoms with Gasteiger partial charge in [-0.2, -0.15) is 26.3 Å². The molecule has 0 amide bonds. The summed E-state index contributed by atoms with van der Waals surface area (Å²) in [5.41, 5.74) is -2.85. The zero-order chi connectivity index (χ0) is 37.6. The Labute approximate surface area is 301 Å². The summed E-state index contributed by atoms with van der Waals surface area (Å²) in [6.07, 6.45) is -7.72. The van der Waals surface area contributed by atoms with Crippen molar-refractivity contribution in [1.82, 2.24) is 15.0 Å². The number of halogens is 6. The van der Waals surface area contributed by atoms with Crippen LogP contribution in [0, 0.1) is 41.4 Å². The van der Waals surface area contributed by atoms with Gasteiger partial charge in [0.2, 0.25) is 23.6 Å². The SMILES string of the molecule is C[C@@H]1CC[C@H]2C(Cn3nncc3CO[C@@]3(C(F)(F)F)O[C@@H]4O[C@]5(C)CCC6[C@H](C)CC[C@@H]([C@H]3C)[C@]64OO5)=C(C(F)(F)F)O[C@@H]3O[C@]4(C)CCC1[C@]32OO4. The average Bonchev–Trinajstić information content (AvgIpc) is 3.22. The Morgan fingerprint density at radius 2 is 1.40 bits per heavy atom. The molecule has 0 radical (unpaired) electrons. The molecule has 2 aliphatic carbocycles. The number of rotatable bonds is 5. The number of ether oxygens (including phenoxy) is 5. The zero-order valence-corrected chi connectivity index (χ0v) is 30.1. The van der Waals surface area contributed by atoms with Gasteiger partial charge < -0.3 is 23.7 Å². The van der Waals surface area contributed by atoms with Gasteiger partial charge in [0.15, 0.2) is 17.5 Å². The minimum atomic E-state index is -5.06. The number of hydrogen-bond acceptors (Lipinski definition) is 11. The predicted molar refractivity (Wildman–Crippen MR) is 164 cm³/mol. The van der Waals surface area contributed by atoms with Crippen molar-refractivity contribution < 1.29 is 69.6 Å². The monoisotopic (exact) mass is 765 g/mol. The van der Waals surface area contributed by atoms with Gasteiger partial charge >= 0.3 is 12.4 Å². The molecule has 11 rings (SSSR count). The molecule has 0 aromatic carbocycles. The molecule has 4 bridgehead atoms. The third-order valence-corrected chi connectivity index (χ3v) is 14.0. The van der Waals surface area contributed by atoms with E-state index in [1.807, 2.05) is 6.92 Å². The maximum absolute atomic E-state index is 15.5. The van der Waals surface area contributed by atoms with Crippen LogP contribution in [0.1, 0.15) is 91.7 Å². The van der Waals surface area contributed by atoms with Gasteiger partial charge in [0.1, 0.15) is 0 Å². The summed E-state index contributed by atoms with van der Waals surface area (Å²) in [5, 5.41) is 7.91. The number of hydrogen-bond donors (Lipinski definition) is 0. The topological polar surface area (TPSA) is 114 Å². The van der Waals surface area contributed by atoms with Gasteiger partial charge in [-0.3, -0.25) is 0 Å². The third-order valence-electron chi connectivity index (χ3n) is 14.0. The Kier molecular flexibility index (Phi) is 8.10. The van der Waals surface area contributed by atoms with Gasteiger partial charge in [-0.05, 0) is 70.1 Å². The summed E-state index contributed by atoms with van der Waals surface area (Å²) < 4.78 is 122. The fourth-order valence-corrected chi connectivity index (χ4v) is 11.3. The lowest BCUT2D eigenvalue weighted by atomic mass is 9.57. The molecular weight excluding hydrogens is 720 g/mol. The van der Waals surface area contributed by atoms with Crippen molar-refractivity contribution >= 4 is 0 Å². The second-order valence-corrected chi connectivity index (χ2v) is 17.0. The Bertz CT molecular complexity index is 1660.